The molecule has 2 rings (SSSR count). The van der Waals surface area contributed by atoms with Crippen LogP contribution in [0.2, 0.25) is 0 Å². The first kappa shape index (κ1) is 13.3. The summed E-state index contributed by atoms with van der Waals surface area (Å²) < 4.78 is 32.2. The van der Waals surface area contributed by atoms with Crippen LogP contribution >= 0.6 is 0 Å². The van der Waals surface area contributed by atoms with E-state index in [1.807, 2.05) is 13.8 Å². The Hall–Kier alpha value is -1.16. The second-order valence-electron chi connectivity index (χ2n) is 4.85. The topological polar surface area (TPSA) is 29.5 Å². The Morgan fingerprint density at radius 1 is 1.33 bits per heavy atom. The SMILES string of the molecule is CCC1(CC)C(O)CC1Oc1cccc(F)c1F. The van der Waals surface area contributed by atoms with Gasteiger partial charge in [0, 0.05) is 11.8 Å². The van der Waals surface area contributed by atoms with E-state index in [-0.39, 0.29) is 17.3 Å². The average molecular weight is 256 g/mol. The molecule has 1 aromatic rings. The van der Waals surface area contributed by atoms with Crippen molar-refractivity contribution in [3.05, 3.63) is 29.8 Å². The predicted octanol–water partition coefficient (Wildman–Crippen LogP) is 3.28. The molecule has 1 aliphatic carbocycles. The van der Waals surface area contributed by atoms with Crippen LogP contribution in [0.15, 0.2) is 18.2 Å². The number of halogens is 2. The van der Waals surface area contributed by atoms with Gasteiger partial charge in [0.1, 0.15) is 6.10 Å². The van der Waals surface area contributed by atoms with Gasteiger partial charge in [-0.1, -0.05) is 19.9 Å². The van der Waals surface area contributed by atoms with Crippen molar-refractivity contribution in [2.45, 2.75) is 45.3 Å². The van der Waals surface area contributed by atoms with Gasteiger partial charge in [0.05, 0.1) is 6.10 Å². The summed E-state index contributed by atoms with van der Waals surface area (Å²) in [4.78, 5) is 0. The molecular formula is C14H18F2O2. The third-order valence-electron chi connectivity index (χ3n) is 4.24. The Morgan fingerprint density at radius 3 is 2.56 bits per heavy atom. The van der Waals surface area contributed by atoms with E-state index < -0.39 is 17.7 Å². The van der Waals surface area contributed by atoms with Crippen LogP contribution in [-0.4, -0.2) is 17.3 Å². The Kier molecular flexibility index (Phi) is 3.57. The molecule has 18 heavy (non-hydrogen) atoms. The molecule has 1 saturated carbocycles. The quantitative estimate of drug-likeness (QED) is 0.895. The van der Waals surface area contributed by atoms with Crippen molar-refractivity contribution in [2.75, 3.05) is 0 Å². The third-order valence-corrected chi connectivity index (χ3v) is 4.24. The van der Waals surface area contributed by atoms with Crippen LogP contribution in [0.1, 0.15) is 33.1 Å². The van der Waals surface area contributed by atoms with Crippen LogP contribution in [0.4, 0.5) is 8.78 Å². The van der Waals surface area contributed by atoms with Gasteiger partial charge < -0.3 is 9.84 Å². The number of aliphatic hydroxyl groups excluding tert-OH is 1. The van der Waals surface area contributed by atoms with Crippen molar-refractivity contribution in [3.63, 3.8) is 0 Å². The highest BCUT2D eigenvalue weighted by molar-refractivity contribution is 5.26. The van der Waals surface area contributed by atoms with Gasteiger partial charge in [-0.15, -0.1) is 0 Å². The Bertz CT molecular complexity index is 430. The number of rotatable bonds is 4. The van der Waals surface area contributed by atoms with Crippen LogP contribution in [0, 0.1) is 17.0 Å². The smallest absolute Gasteiger partial charge is 0.200 e. The van der Waals surface area contributed by atoms with Crippen molar-refractivity contribution in [3.8, 4) is 5.75 Å². The van der Waals surface area contributed by atoms with Gasteiger partial charge in [-0.25, -0.2) is 4.39 Å². The summed E-state index contributed by atoms with van der Waals surface area (Å²) in [7, 11) is 0. The van der Waals surface area contributed by atoms with E-state index in [0.29, 0.717) is 6.42 Å². The summed E-state index contributed by atoms with van der Waals surface area (Å²) in [5.74, 6) is -1.94. The van der Waals surface area contributed by atoms with Crippen LogP contribution in [0.3, 0.4) is 0 Å². The van der Waals surface area contributed by atoms with Gasteiger partial charge in [-0.05, 0) is 25.0 Å². The lowest BCUT2D eigenvalue weighted by Crippen LogP contribution is -2.59. The van der Waals surface area contributed by atoms with E-state index in [2.05, 4.69) is 0 Å². The Balaban J connectivity index is 2.18. The fourth-order valence-electron chi connectivity index (χ4n) is 2.80. The van der Waals surface area contributed by atoms with E-state index in [9.17, 15) is 13.9 Å². The highest BCUT2D eigenvalue weighted by Crippen LogP contribution is 2.49. The van der Waals surface area contributed by atoms with Crippen molar-refractivity contribution in [1.82, 2.24) is 0 Å². The normalized spacial score (nSPS) is 25.6. The second-order valence-corrected chi connectivity index (χ2v) is 4.85. The van der Waals surface area contributed by atoms with E-state index in [1.54, 1.807) is 0 Å². The maximum absolute atomic E-state index is 13.5. The molecule has 1 aromatic carbocycles. The van der Waals surface area contributed by atoms with E-state index >= 15 is 0 Å². The van der Waals surface area contributed by atoms with Crippen molar-refractivity contribution in [2.24, 2.45) is 5.41 Å². The summed E-state index contributed by atoms with van der Waals surface area (Å²) in [6, 6.07) is 3.90. The summed E-state index contributed by atoms with van der Waals surface area (Å²) in [5, 5.41) is 9.88. The second kappa shape index (κ2) is 4.84. The number of ether oxygens (including phenoxy) is 1. The van der Waals surface area contributed by atoms with Crippen LogP contribution in [0.5, 0.6) is 5.75 Å². The fourth-order valence-corrected chi connectivity index (χ4v) is 2.80. The van der Waals surface area contributed by atoms with Gasteiger partial charge >= 0.3 is 0 Å². The molecule has 0 radical (unpaired) electrons. The maximum Gasteiger partial charge on any atom is 0.200 e. The fraction of sp³-hybridized carbons (Fsp3) is 0.571. The summed E-state index contributed by atoms with van der Waals surface area (Å²) in [6.45, 7) is 3.95. The van der Waals surface area contributed by atoms with E-state index in [4.69, 9.17) is 4.74 Å². The first-order valence-corrected chi connectivity index (χ1v) is 6.34. The molecule has 100 valence electrons. The molecule has 2 nitrogen and oxygen atoms in total. The largest absolute Gasteiger partial charge is 0.486 e. The number of aliphatic hydroxyl groups is 1. The minimum absolute atomic E-state index is 0.0711. The lowest BCUT2D eigenvalue weighted by atomic mass is 9.60. The molecule has 0 saturated heterocycles. The predicted molar refractivity (Wildman–Crippen MR) is 64.4 cm³/mol. The molecule has 0 aromatic heterocycles. The van der Waals surface area contributed by atoms with Crippen LogP contribution in [-0.2, 0) is 0 Å². The molecule has 2 unspecified atom stereocenters. The zero-order valence-corrected chi connectivity index (χ0v) is 10.6. The highest BCUT2D eigenvalue weighted by atomic mass is 19.2. The third kappa shape index (κ3) is 1.88. The molecule has 0 spiro atoms. The van der Waals surface area contributed by atoms with Gasteiger partial charge in [-0.3, -0.25) is 0 Å². The molecule has 4 heteroatoms. The summed E-state index contributed by atoms with van der Waals surface area (Å²) >= 11 is 0. The van der Waals surface area contributed by atoms with Crippen LogP contribution in [0.25, 0.3) is 0 Å². The average Bonchev–Trinajstić information content (AvgIpc) is 2.36. The standard InChI is InChI=1S/C14H18F2O2/c1-3-14(4-2)11(17)8-12(14)18-10-7-5-6-9(15)13(10)16/h5-7,11-12,17H,3-4,8H2,1-2H3. The van der Waals surface area contributed by atoms with Crippen molar-refractivity contribution >= 4 is 0 Å². The van der Waals surface area contributed by atoms with Gasteiger partial charge in [0.25, 0.3) is 0 Å². The lowest BCUT2D eigenvalue weighted by molar-refractivity contribution is -0.160. The van der Waals surface area contributed by atoms with Crippen LogP contribution < -0.4 is 4.74 Å². The van der Waals surface area contributed by atoms with Gasteiger partial charge in [0.15, 0.2) is 11.6 Å². The minimum Gasteiger partial charge on any atom is -0.486 e. The molecule has 0 heterocycles. The zero-order chi connectivity index (χ0) is 13.3. The Morgan fingerprint density at radius 2 is 2.00 bits per heavy atom. The monoisotopic (exact) mass is 256 g/mol. The molecule has 1 fully saturated rings. The molecule has 1 aliphatic rings. The minimum atomic E-state index is -0.958. The van der Waals surface area contributed by atoms with E-state index in [0.717, 1.165) is 18.9 Å². The first-order chi connectivity index (χ1) is 8.55. The Labute approximate surface area is 106 Å². The lowest BCUT2D eigenvalue weighted by Gasteiger charge is -2.52. The number of hydrogen-bond donors (Lipinski definition) is 1. The molecule has 2 atom stereocenters. The van der Waals surface area contributed by atoms with Gasteiger partial charge in [0.2, 0.25) is 5.82 Å². The highest BCUT2D eigenvalue weighted by Gasteiger charge is 2.53. The summed E-state index contributed by atoms with van der Waals surface area (Å²) in [5.41, 5.74) is -0.335. The summed E-state index contributed by atoms with van der Waals surface area (Å²) in [6.07, 6.45) is 1.31. The molecular weight excluding hydrogens is 238 g/mol. The van der Waals surface area contributed by atoms with Gasteiger partial charge in [-0.2, -0.15) is 4.39 Å². The first-order valence-electron chi connectivity index (χ1n) is 6.34. The maximum atomic E-state index is 13.5. The molecule has 0 aliphatic heterocycles. The zero-order valence-electron chi connectivity index (χ0n) is 10.6. The van der Waals surface area contributed by atoms with Crippen molar-refractivity contribution in [1.29, 1.82) is 0 Å². The molecule has 0 bridgehead atoms. The molecule has 0 amide bonds. The number of hydrogen-bond acceptors (Lipinski definition) is 2. The van der Waals surface area contributed by atoms with Crippen molar-refractivity contribution < 1.29 is 18.6 Å². The number of benzene rings is 1. The van der Waals surface area contributed by atoms with E-state index in [1.165, 1.54) is 12.1 Å². The molecule has 1 N–H and O–H groups in total.